The number of nitrogens with zero attached hydrogens (tertiary/aromatic N) is 1. The summed E-state index contributed by atoms with van der Waals surface area (Å²) in [6.45, 7) is 7.62. The molecular weight excluding hydrogens is 350 g/mol. The van der Waals surface area contributed by atoms with Crippen LogP contribution in [0.25, 0.3) is 0 Å². The number of rotatable bonds is 9. The largest absolute Gasteiger partial charge is 0.497 e. The van der Waals surface area contributed by atoms with Gasteiger partial charge in [-0.15, -0.1) is 0 Å². The van der Waals surface area contributed by atoms with Gasteiger partial charge in [-0.05, 0) is 61.1 Å². The smallest absolute Gasteiger partial charge is 0.118 e. The third kappa shape index (κ3) is 6.62. The lowest BCUT2D eigenvalue weighted by molar-refractivity contribution is 0.0172. The molecule has 28 heavy (non-hydrogen) atoms. The first-order valence-corrected chi connectivity index (χ1v) is 10.4. The molecule has 1 aliphatic heterocycles. The molecule has 0 radical (unpaired) electrons. The van der Waals surface area contributed by atoms with Crippen molar-refractivity contribution in [1.82, 2.24) is 4.90 Å². The Morgan fingerprint density at radius 1 is 1.11 bits per heavy atom. The van der Waals surface area contributed by atoms with Gasteiger partial charge >= 0.3 is 0 Å². The molecule has 1 aromatic carbocycles. The van der Waals surface area contributed by atoms with Crippen LogP contribution >= 0.6 is 0 Å². The zero-order valence-electron chi connectivity index (χ0n) is 17.2. The van der Waals surface area contributed by atoms with Gasteiger partial charge in [-0.1, -0.05) is 30.4 Å². The molecule has 0 N–H and O–H groups in total. The highest BCUT2D eigenvalue weighted by molar-refractivity contribution is 5.37. The topological polar surface area (TPSA) is 30.9 Å². The second-order valence-electron chi connectivity index (χ2n) is 7.42. The minimum Gasteiger partial charge on any atom is -0.497 e. The maximum absolute atomic E-state index is 6.14. The molecule has 0 bridgehead atoms. The minimum atomic E-state index is 0.0609. The van der Waals surface area contributed by atoms with Crippen molar-refractivity contribution >= 4 is 0 Å². The van der Waals surface area contributed by atoms with E-state index in [4.69, 9.17) is 14.2 Å². The molecule has 0 aromatic heterocycles. The first-order chi connectivity index (χ1) is 13.7. The Balaban J connectivity index is 1.46. The SMILES string of the molecule is COc1ccc(CCCC2=CC(OCCN3CCOCC3)C=CC=C2C)cc1. The second-order valence-corrected chi connectivity index (χ2v) is 7.42. The van der Waals surface area contributed by atoms with E-state index in [9.17, 15) is 0 Å². The monoisotopic (exact) mass is 383 g/mol. The first-order valence-electron chi connectivity index (χ1n) is 10.4. The molecule has 152 valence electrons. The van der Waals surface area contributed by atoms with Crippen molar-refractivity contribution in [3.8, 4) is 5.75 Å². The van der Waals surface area contributed by atoms with E-state index in [2.05, 4.69) is 48.3 Å². The van der Waals surface area contributed by atoms with Gasteiger partial charge in [0.1, 0.15) is 5.75 Å². The van der Waals surface area contributed by atoms with E-state index in [0.717, 1.165) is 64.5 Å². The summed E-state index contributed by atoms with van der Waals surface area (Å²) in [5.41, 5.74) is 4.09. The Bertz CT molecular complexity index is 684. The lowest BCUT2D eigenvalue weighted by Gasteiger charge is -2.26. The molecule has 0 amide bonds. The summed E-state index contributed by atoms with van der Waals surface area (Å²) >= 11 is 0. The first kappa shape index (κ1) is 20.8. The van der Waals surface area contributed by atoms with E-state index in [0.29, 0.717) is 0 Å². The minimum absolute atomic E-state index is 0.0609. The van der Waals surface area contributed by atoms with E-state index in [-0.39, 0.29) is 6.10 Å². The summed E-state index contributed by atoms with van der Waals surface area (Å²) in [6, 6.07) is 8.38. The highest BCUT2D eigenvalue weighted by atomic mass is 16.5. The molecule has 1 heterocycles. The van der Waals surface area contributed by atoms with Crippen LogP contribution in [0.2, 0.25) is 0 Å². The van der Waals surface area contributed by atoms with E-state index < -0.39 is 0 Å². The molecule has 1 saturated heterocycles. The number of ether oxygens (including phenoxy) is 3. The summed E-state index contributed by atoms with van der Waals surface area (Å²) < 4.78 is 16.8. The molecule has 1 aromatic rings. The number of allylic oxidation sites excluding steroid dienone is 4. The Labute approximate surface area is 169 Å². The standard InChI is InChI=1S/C24H33NO3/c1-20-5-3-8-24(28-18-15-25-13-16-27-17-14-25)19-22(20)7-4-6-21-9-11-23(26-2)12-10-21/h3,5,8-12,19,24H,4,6-7,13-18H2,1-2H3. The van der Waals surface area contributed by atoms with Gasteiger partial charge in [-0.3, -0.25) is 4.90 Å². The molecule has 1 aliphatic carbocycles. The third-order valence-electron chi connectivity index (χ3n) is 5.41. The maximum atomic E-state index is 6.14. The van der Waals surface area contributed by atoms with Gasteiger partial charge in [0.15, 0.2) is 0 Å². The number of hydrogen-bond acceptors (Lipinski definition) is 4. The zero-order chi connectivity index (χ0) is 19.6. The Morgan fingerprint density at radius 3 is 2.64 bits per heavy atom. The predicted octanol–water partition coefficient (Wildman–Crippen LogP) is 4.18. The van der Waals surface area contributed by atoms with E-state index >= 15 is 0 Å². The third-order valence-corrected chi connectivity index (χ3v) is 5.41. The van der Waals surface area contributed by atoms with Crippen LogP contribution in [0.5, 0.6) is 5.75 Å². The molecule has 0 spiro atoms. The van der Waals surface area contributed by atoms with Crippen LogP contribution in [0.15, 0.2) is 59.7 Å². The van der Waals surface area contributed by atoms with Gasteiger partial charge in [0.2, 0.25) is 0 Å². The van der Waals surface area contributed by atoms with Crippen molar-refractivity contribution in [2.24, 2.45) is 0 Å². The van der Waals surface area contributed by atoms with Gasteiger partial charge in [-0.25, -0.2) is 0 Å². The fraction of sp³-hybridized carbons (Fsp3) is 0.500. The summed E-state index contributed by atoms with van der Waals surface area (Å²) in [7, 11) is 1.70. The molecule has 1 unspecified atom stereocenters. The van der Waals surface area contributed by atoms with Crippen molar-refractivity contribution in [2.75, 3.05) is 46.6 Å². The van der Waals surface area contributed by atoms with E-state index in [1.165, 1.54) is 16.7 Å². The Morgan fingerprint density at radius 2 is 1.89 bits per heavy atom. The predicted molar refractivity (Wildman–Crippen MR) is 114 cm³/mol. The summed E-state index contributed by atoms with van der Waals surface area (Å²) in [4.78, 5) is 2.41. The van der Waals surface area contributed by atoms with Crippen molar-refractivity contribution < 1.29 is 14.2 Å². The summed E-state index contributed by atoms with van der Waals surface area (Å²) in [5, 5.41) is 0. The fourth-order valence-corrected chi connectivity index (χ4v) is 3.60. The summed E-state index contributed by atoms with van der Waals surface area (Å²) in [6.07, 6.45) is 12.1. The lowest BCUT2D eigenvalue weighted by atomic mass is 9.98. The van der Waals surface area contributed by atoms with E-state index in [1.807, 2.05) is 12.1 Å². The highest BCUT2D eigenvalue weighted by Gasteiger charge is 2.12. The molecule has 2 aliphatic rings. The van der Waals surface area contributed by atoms with Crippen molar-refractivity contribution in [3.63, 3.8) is 0 Å². The van der Waals surface area contributed by atoms with Crippen molar-refractivity contribution in [3.05, 3.63) is 65.3 Å². The molecule has 4 nitrogen and oxygen atoms in total. The average Bonchev–Trinajstić information content (AvgIpc) is 2.91. The van der Waals surface area contributed by atoms with Gasteiger partial charge in [0.05, 0.1) is 33.0 Å². The molecule has 1 fully saturated rings. The summed E-state index contributed by atoms with van der Waals surface area (Å²) in [5.74, 6) is 0.914. The maximum Gasteiger partial charge on any atom is 0.118 e. The Hall–Kier alpha value is -1.88. The molecule has 4 heteroatoms. The van der Waals surface area contributed by atoms with Gasteiger partial charge < -0.3 is 14.2 Å². The zero-order valence-corrected chi connectivity index (χ0v) is 17.2. The van der Waals surface area contributed by atoms with Crippen LogP contribution in [0.4, 0.5) is 0 Å². The van der Waals surface area contributed by atoms with Gasteiger partial charge in [-0.2, -0.15) is 0 Å². The van der Waals surface area contributed by atoms with Crippen LogP contribution < -0.4 is 4.74 Å². The number of benzene rings is 1. The van der Waals surface area contributed by atoms with Crippen molar-refractivity contribution in [2.45, 2.75) is 32.3 Å². The number of aryl methyl sites for hydroxylation is 1. The molecule has 1 atom stereocenters. The van der Waals surface area contributed by atoms with Crippen LogP contribution in [0.1, 0.15) is 25.3 Å². The Kier molecular flexibility index (Phi) is 8.34. The molecular formula is C24H33NO3. The second kappa shape index (κ2) is 11.2. The number of methoxy groups -OCH3 is 1. The van der Waals surface area contributed by atoms with Gasteiger partial charge in [0, 0.05) is 19.6 Å². The fourth-order valence-electron chi connectivity index (χ4n) is 3.60. The lowest BCUT2D eigenvalue weighted by Crippen LogP contribution is -2.38. The average molecular weight is 384 g/mol. The van der Waals surface area contributed by atoms with E-state index in [1.54, 1.807) is 7.11 Å². The quantitative estimate of drug-likeness (QED) is 0.640. The van der Waals surface area contributed by atoms with Crippen LogP contribution in [0, 0.1) is 0 Å². The highest BCUT2D eigenvalue weighted by Crippen LogP contribution is 2.22. The molecule has 3 rings (SSSR count). The van der Waals surface area contributed by atoms with Crippen molar-refractivity contribution in [1.29, 1.82) is 0 Å². The van der Waals surface area contributed by atoms with Gasteiger partial charge in [0.25, 0.3) is 0 Å². The number of morpholine rings is 1. The van der Waals surface area contributed by atoms with Crippen LogP contribution in [-0.2, 0) is 15.9 Å². The van der Waals surface area contributed by atoms with Crippen LogP contribution in [0.3, 0.4) is 0 Å². The number of hydrogen-bond donors (Lipinski definition) is 0. The normalized spacial score (nSPS) is 20.4. The van der Waals surface area contributed by atoms with Crippen LogP contribution in [-0.4, -0.2) is 57.6 Å². The molecule has 0 saturated carbocycles.